The van der Waals surface area contributed by atoms with Crippen molar-refractivity contribution >= 4 is 66.3 Å². The van der Waals surface area contributed by atoms with Gasteiger partial charge < -0.3 is 24.9 Å². The van der Waals surface area contributed by atoms with Gasteiger partial charge in [-0.2, -0.15) is 0 Å². The van der Waals surface area contributed by atoms with E-state index in [1.165, 1.54) is 103 Å². The van der Waals surface area contributed by atoms with E-state index in [2.05, 4.69) is 384 Å². The first-order valence-corrected chi connectivity index (χ1v) is 58.0. The van der Waals surface area contributed by atoms with Gasteiger partial charge in [0.2, 0.25) is 0 Å². The minimum atomic E-state index is -1.41. The van der Waals surface area contributed by atoms with Crippen LogP contribution < -0.4 is 25.9 Å². The van der Waals surface area contributed by atoms with Gasteiger partial charge in [-0.05, 0) is 109 Å². The molecule has 5 aromatic heterocycles. The Hall–Kier alpha value is -3.82. The van der Waals surface area contributed by atoms with Crippen LogP contribution in [0, 0.1) is 75.3 Å². The van der Waals surface area contributed by atoms with Crippen molar-refractivity contribution in [3.63, 3.8) is 0 Å². The molecule has 1 aliphatic carbocycles. The molecule has 1 aliphatic rings. The Morgan fingerprint density at radius 3 is 1.03 bits per heavy atom. The van der Waals surface area contributed by atoms with Crippen LogP contribution in [0.25, 0.3) is 56.3 Å². The largest absolute Gasteiger partial charge is 0.305 e. The predicted octanol–water partition coefficient (Wildman–Crippen LogP) is 24.8. The van der Waals surface area contributed by atoms with E-state index in [0.29, 0.717) is 17.8 Å². The second kappa shape index (κ2) is 45.7. The van der Waals surface area contributed by atoms with Crippen LogP contribution in [-0.4, -0.2) is 65.3 Å². The van der Waals surface area contributed by atoms with Crippen LogP contribution in [0.3, 0.4) is 0 Å². The van der Waals surface area contributed by atoms with Gasteiger partial charge in [0, 0.05) is 132 Å². The number of pyridine rings is 5. The smallest absolute Gasteiger partial charge is 0.0799 e. The van der Waals surface area contributed by atoms with E-state index >= 15 is 0 Å². The summed E-state index contributed by atoms with van der Waals surface area (Å²) in [5.41, 5.74) is 24.8. The minimum absolute atomic E-state index is 0. The summed E-state index contributed by atoms with van der Waals surface area (Å²) in [6, 6.07) is 60.1. The summed E-state index contributed by atoms with van der Waals surface area (Å²) in [7, 11) is -6.76. The Kier molecular flexibility index (Phi) is 42.6. The fourth-order valence-corrected chi connectivity index (χ4v) is 22.3. The van der Waals surface area contributed by atoms with Crippen LogP contribution in [0.4, 0.5) is 0 Å². The molecule has 5 heterocycles. The van der Waals surface area contributed by atoms with Crippen molar-refractivity contribution in [1.29, 1.82) is 0 Å². The molecule has 5 nitrogen and oxygen atoms in total. The summed E-state index contributed by atoms with van der Waals surface area (Å²) < 4.78 is 0. The first-order valence-electron chi connectivity index (χ1n) is 40.5. The molecular formula is C99H136Ir5N5Si5-5. The Balaban J connectivity index is 0.000000480. The van der Waals surface area contributed by atoms with E-state index in [1.54, 1.807) is 10.8 Å². The van der Waals surface area contributed by atoms with Crippen molar-refractivity contribution in [2.24, 2.45) is 17.3 Å². The summed E-state index contributed by atoms with van der Waals surface area (Å²) >= 11 is 0. The summed E-state index contributed by atoms with van der Waals surface area (Å²) in [4.78, 5) is 23.6. The maximum atomic E-state index is 4.80. The van der Waals surface area contributed by atoms with E-state index in [0.717, 1.165) is 75.0 Å². The van der Waals surface area contributed by atoms with Crippen LogP contribution in [0.15, 0.2) is 152 Å². The number of benzene rings is 5. The quantitative estimate of drug-likeness (QED) is 0.0671. The molecule has 0 bridgehead atoms. The standard InChI is InChI=1S/C23H34NSi.C21H28NSi.C20H28NSi.C19H26NSi.C16H20NSi.5Ir/c1-22(2,3)15-18-14-20(24-16-21(18)25(7,8)9)17-10-12-19(13-11-17)23(4,5)6;1-16-9-11-18(12-10-16)20-14-19(13-17-7-5-6-8-17)21(15-22-20)23(2,3)4;1-14(2)16-8-10-17(11-9-16)19-12-18(15(3)4)20(13-21-19)22(5,6)7;1-14(2)11-17-12-18(16-9-7-15(3)8-10-16)20-13-19(17)21(4,5)6;1-12-6-8-14(9-7-12)15-10-13(2)16(11-17-15)18(3,4)5;;;;;/h10,12-14,16H,15H2,1-9H3;9-11,14-15,17H,5-8,13H2,1-4H3;8-10,12-15H,1-7H3;7-9,12-14H,11H2,1-6H3;6-8,10-11H,1-5H3;;;;;/q5*-1;;;;;. The third kappa shape index (κ3) is 32.6. The number of rotatable bonds is 17. The number of nitrogens with zero attached hydrogens (tertiary/aromatic N) is 5. The third-order valence-electron chi connectivity index (χ3n) is 20.5. The van der Waals surface area contributed by atoms with Crippen molar-refractivity contribution < 1.29 is 101 Å². The van der Waals surface area contributed by atoms with Gasteiger partial charge in [-0.25, -0.2) is 0 Å². The number of hydrogen-bond donors (Lipinski definition) is 0. The molecule has 0 spiro atoms. The first-order chi connectivity index (χ1) is 50.5. The fraction of sp³-hybridized carbons (Fsp3) is 0.444. The van der Waals surface area contributed by atoms with Crippen LogP contribution in [0.2, 0.25) is 98.2 Å². The van der Waals surface area contributed by atoms with Gasteiger partial charge in [-0.3, -0.25) is 0 Å². The molecule has 627 valence electrons. The molecule has 0 amide bonds. The molecule has 10 aromatic rings. The summed E-state index contributed by atoms with van der Waals surface area (Å²) in [5.74, 6) is 2.61. The molecule has 1 fully saturated rings. The van der Waals surface area contributed by atoms with Crippen molar-refractivity contribution in [1.82, 2.24) is 24.9 Å². The molecule has 5 radical (unpaired) electrons. The Bertz CT molecular complexity index is 4560. The van der Waals surface area contributed by atoms with Crippen molar-refractivity contribution in [2.45, 2.75) is 271 Å². The van der Waals surface area contributed by atoms with E-state index < -0.39 is 40.4 Å². The molecule has 0 unspecified atom stereocenters. The van der Waals surface area contributed by atoms with Gasteiger partial charge in [-0.15, -0.1) is 177 Å². The van der Waals surface area contributed by atoms with Gasteiger partial charge in [0.05, 0.1) is 40.4 Å². The Morgan fingerprint density at radius 2 is 0.702 bits per heavy atom. The number of aromatic nitrogens is 5. The summed E-state index contributed by atoms with van der Waals surface area (Å²) in [6.07, 6.45) is 19.7. The second-order valence-electron chi connectivity index (χ2n) is 39.6. The molecular weight excluding hydrogens is 2360 g/mol. The maximum absolute atomic E-state index is 4.80. The van der Waals surface area contributed by atoms with Gasteiger partial charge in [-0.1, -0.05) is 292 Å². The topological polar surface area (TPSA) is 64.5 Å². The monoisotopic (exact) mass is 2500 g/mol. The summed E-state index contributed by atoms with van der Waals surface area (Å²) in [5, 5.41) is 7.44. The minimum Gasteiger partial charge on any atom is -0.305 e. The van der Waals surface area contributed by atoms with Crippen molar-refractivity contribution in [3.8, 4) is 56.3 Å². The average Bonchev–Trinajstić information content (AvgIpc) is 0.951. The summed E-state index contributed by atoms with van der Waals surface area (Å²) in [6.45, 7) is 71.5. The number of aryl methyl sites for hydroxylation is 4. The zero-order valence-electron chi connectivity index (χ0n) is 75.1. The molecule has 5 aromatic carbocycles. The maximum Gasteiger partial charge on any atom is 0.0799 e. The zero-order valence-corrected chi connectivity index (χ0v) is 92.1. The van der Waals surface area contributed by atoms with Gasteiger partial charge >= 0.3 is 0 Å². The molecule has 0 aliphatic heterocycles. The van der Waals surface area contributed by atoms with Gasteiger partial charge in [0.1, 0.15) is 0 Å². The van der Waals surface area contributed by atoms with Crippen LogP contribution >= 0.6 is 0 Å². The van der Waals surface area contributed by atoms with E-state index in [-0.39, 0.29) is 111 Å². The van der Waals surface area contributed by atoms with Crippen molar-refractivity contribution in [2.75, 3.05) is 0 Å². The first kappa shape index (κ1) is 106. The number of hydrogen-bond acceptors (Lipinski definition) is 5. The van der Waals surface area contributed by atoms with E-state index in [4.69, 9.17) is 19.9 Å². The Morgan fingerprint density at radius 1 is 0.368 bits per heavy atom. The molecule has 15 heteroatoms. The molecule has 0 atom stereocenters. The molecule has 11 rings (SSSR count). The predicted molar refractivity (Wildman–Crippen MR) is 491 cm³/mol. The van der Waals surface area contributed by atoms with Gasteiger partial charge in [0.15, 0.2) is 0 Å². The zero-order chi connectivity index (χ0) is 80.9. The van der Waals surface area contributed by atoms with Crippen LogP contribution in [-0.2, 0) is 125 Å². The van der Waals surface area contributed by atoms with Crippen molar-refractivity contribution in [3.05, 3.63) is 238 Å². The molecule has 114 heavy (non-hydrogen) atoms. The second-order valence-corrected chi connectivity index (χ2v) is 64.8. The average molecular weight is 2500 g/mol. The third-order valence-corrected chi connectivity index (χ3v) is 30.8. The normalized spacial score (nSPS) is 12.5. The molecule has 0 N–H and O–H groups in total. The van der Waals surface area contributed by atoms with Gasteiger partial charge in [0.25, 0.3) is 0 Å². The Labute approximate surface area is 766 Å². The fourth-order valence-electron chi connectivity index (χ4n) is 14.2. The molecule has 1 saturated carbocycles. The van der Waals surface area contributed by atoms with E-state index in [9.17, 15) is 0 Å². The van der Waals surface area contributed by atoms with Crippen LogP contribution in [0.5, 0.6) is 0 Å². The van der Waals surface area contributed by atoms with Crippen LogP contribution in [0.1, 0.15) is 176 Å². The molecule has 0 saturated heterocycles. The van der Waals surface area contributed by atoms with E-state index in [1.807, 2.05) is 12.1 Å². The SMILES string of the molecule is CC(C)(C)Cc1cc(-c2[c-]cc(C(C)(C)C)cc2)ncc1[Si](C)(C)C.CC(C)c1c[c-]c(-c2cc(C(C)C)c([Si](C)(C)C)cn2)cc1.Cc1c[c-]c(-c2cc(C)c([Si](C)(C)C)cn2)cc1.Cc1c[c-]c(-c2cc(CC(C)C)c([Si](C)(C)C)cn2)cc1.Cc1c[c-]c(-c2cc(CC3CCCC3)c([Si](C)(C)C)cn2)cc1.[Ir].[Ir].[Ir].[Ir].[Ir].